The first-order chi connectivity index (χ1) is 15.5. The van der Waals surface area contributed by atoms with Crippen LogP contribution in [0.2, 0.25) is 0 Å². The highest BCUT2D eigenvalue weighted by atomic mass is 32.1. The normalized spacial score (nSPS) is 13.1. The Morgan fingerprint density at radius 3 is 2.33 bits per heavy atom. The summed E-state index contributed by atoms with van der Waals surface area (Å²) in [6.45, 7) is 15.9. The van der Waals surface area contributed by atoms with Crippen LogP contribution in [0.3, 0.4) is 0 Å². The van der Waals surface area contributed by atoms with E-state index in [4.69, 9.17) is 9.47 Å². The lowest BCUT2D eigenvalue weighted by atomic mass is 9.74. The van der Waals surface area contributed by atoms with Gasteiger partial charge in [0.2, 0.25) is 0 Å². The average molecular weight is 476 g/mol. The smallest absolute Gasteiger partial charge is 0.319 e. The van der Waals surface area contributed by atoms with E-state index in [2.05, 4.69) is 51.2 Å². The van der Waals surface area contributed by atoms with Gasteiger partial charge in [-0.25, -0.2) is 0 Å². The maximum atomic E-state index is 11.4. The molecule has 1 heterocycles. The van der Waals surface area contributed by atoms with Crippen molar-refractivity contribution in [3.63, 3.8) is 0 Å². The minimum atomic E-state index is -0.526. The van der Waals surface area contributed by atoms with E-state index in [1.165, 1.54) is 28.0 Å². The summed E-state index contributed by atoms with van der Waals surface area (Å²) in [4.78, 5) is 14.0. The number of hydrogen-bond donors (Lipinski definition) is 2. The molecule has 0 spiro atoms. The number of aryl methyl sites for hydroxylation is 2. The molecule has 0 saturated carbocycles. The number of aliphatic hydroxyl groups is 1. The topological polar surface area (TPSA) is 67.8 Å². The molecule has 1 aromatic carbocycles. The molecule has 0 aliphatic heterocycles. The van der Waals surface area contributed by atoms with Gasteiger partial charge in [0.15, 0.2) is 0 Å². The number of rotatable bonds is 11. The highest BCUT2D eigenvalue weighted by molar-refractivity contribution is 7.12. The zero-order chi connectivity index (χ0) is 24.8. The fourth-order valence-corrected chi connectivity index (χ4v) is 5.46. The van der Waals surface area contributed by atoms with Crippen LogP contribution >= 0.6 is 11.3 Å². The van der Waals surface area contributed by atoms with Gasteiger partial charge in [-0.15, -0.1) is 11.3 Å². The molecule has 0 fully saturated rings. The Morgan fingerprint density at radius 2 is 1.79 bits per heavy atom. The van der Waals surface area contributed by atoms with E-state index in [1.54, 1.807) is 0 Å². The highest BCUT2D eigenvalue weighted by Crippen LogP contribution is 2.44. The number of hydrogen-bond acceptors (Lipinski definition) is 6. The Bertz CT molecular complexity index is 925. The van der Waals surface area contributed by atoms with Gasteiger partial charge in [0, 0.05) is 21.7 Å². The van der Waals surface area contributed by atoms with Gasteiger partial charge >= 0.3 is 5.97 Å². The summed E-state index contributed by atoms with van der Waals surface area (Å²) in [7, 11) is 1.40. The van der Waals surface area contributed by atoms with Gasteiger partial charge in [0.1, 0.15) is 12.4 Å². The summed E-state index contributed by atoms with van der Waals surface area (Å²) in [5, 5.41) is 13.5. The van der Waals surface area contributed by atoms with Crippen LogP contribution < -0.4 is 10.1 Å². The third-order valence-corrected chi connectivity index (χ3v) is 8.05. The molecule has 0 amide bonds. The van der Waals surface area contributed by atoms with Crippen molar-refractivity contribution in [2.45, 2.75) is 79.4 Å². The second kappa shape index (κ2) is 11.5. The van der Waals surface area contributed by atoms with Crippen molar-refractivity contribution in [3.8, 4) is 5.75 Å². The molecule has 0 bridgehead atoms. The van der Waals surface area contributed by atoms with Gasteiger partial charge in [0.05, 0.1) is 19.8 Å². The molecule has 184 valence electrons. The van der Waals surface area contributed by atoms with Crippen molar-refractivity contribution < 1.29 is 19.4 Å². The molecule has 0 radical (unpaired) electrons. The second-order valence-electron chi connectivity index (χ2n) is 9.86. The lowest BCUT2D eigenvalue weighted by Crippen LogP contribution is -2.32. The first-order valence-corrected chi connectivity index (χ1v) is 12.6. The van der Waals surface area contributed by atoms with Gasteiger partial charge in [-0.3, -0.25) is 4.79 Å². The van der Waals surface area contributed by atoms with Crippen LogP contribution in [0.25, 0.3) is 0 Å². The van der Waals surface area contributed by atoms with Crippen molar-refractivity contribution in [2.75, 3.05) is 20.3 Å². The summed E-state index contributed by atoms with van der Waals surface area (Å²) in [6.07, 6.45) is 1.45. The molecule has 0 aliphatic carbocycles. The van der Waals surface area contributed by atoms with Crippen LogP contribution in [0.1, 0.15) is 73.9 Å². The molecule has 0 aliphatic rings. The predicted octanol–water partition coefficient (Wildman–Crippen LogP) is 5.52. The number of carbonyl (C=O) groups excluding carboxylic acids is 1. The van der Waals surface area contributed by atoms with E-state index >= 15 is 0 Å². The number of thiophene rings is 1. The van der Waals surface area contributed by atoms with Gasteiger partial charge in [-0.2, -0.15) is 0 Å². The lowest BCUT2D eigenvalue weighted by Gasteiger charge is -2.32. The maximum absolute atomic E-state index is 11.4. The first-order valence-electron chi connectivity index (χ1n) is 11.8. The first kappa shape index (κ1) is 27.4. The number of esters is 1. The SMILES string of the molecule is CCC(CC)(c1ccc(OCC(O)C(C)(C)C)c(C)c1)c1cc(C)c(CNCC(=O)OC)s1. The molecule has 2 N–H and O–H groups in total. The van der Waals surface area contributed by atoms with Crippen LogP contribution in [-0.4, -0.2) is 37.4 Å². The molecule has 1 unspecified atom stereocenters. The minimum absolute atomic E-state index is 0.0791. The fourth-order valence-electron chi connectivity index (χ4n) is 3.96. The van der Waals surface area contributed by atoms with E-state index in [0.29, 0.717) is 6.54 Å². The van der Waals surface area contributed by atoms with Gasteiger partial charge < -0.3 is 19.9 Å². The van der Waals surface area contributed by atoms with Gasteiger partial charge in [-0.05, 0) is 60.9 Å². The molecule has 2 aromatic rings. The largest absolute Gasteiger partial charge is 0.491 e. The molecule has 6 heteroatoms. The predicted molar refractivity (Wildman–Crippen MR) is 136 cm³/mol. The average Bonchev–Trinajstić information content (AvgIpc) is 3.14. The van der Waals surface area contributed by atoms with E-state index in [0.717, 1.165) is 24.2 Å². The maximum Gasteiger partial charge on any atom is 0.319 e. The zero-order valence-corrected chi connectivity index (χ0v) is 22.3. The Morgan fingerprint density at radius 1 is 1.12 bits per heavy atom. The molecular weight excluding hydrogens is 434 g/mol. The fraction of sp³-hybridized carbons (Fsp3) is 0.593. The summed E-state index contributed by atoms with van der Waals surface area (Å²) in [6, 6.07) is 8.74. The Balaban J connectivity index is 2.27. The van der Waals surface area contributed by atoms with Crippen LogP contribution in [0, 0.1) is 19.3 Å². The van der Waals surface area contributed by atoms with Crippen molar-refractivity contribution >= 4 is 17.3 Å². The molecular formula is C27H41NO4S. The summed E-state index contributed by atoms with van der Waals surface area (Å²) in [5.74, 6) is 0.562. The minimum Gasteiger partial charge on any atom is -0.491 e. The van der Waals surface area contributed by atoms with Crippen molar-refractivity contribution in [3.05, 3.63) is 50.7 Å². The number of methoxy groups -OCH3 is 1. The van der Waals surface area contributed by atoms with E-state index in [9.17, 15) is 9.90 Å². The summed E-state index contributed by atoms with van der Waals surface area (Å²) >= 11 is 1.82. The third kappa shape index (κ3) is 6.58. The van der Waals surface area contributed by atoms with Crippen LogP contribution in [0.15, 0.2) is 24.3 Å². The molecule has 0 saturated heterocycles. The van der Waals surface area contributed by atoms with E-state index in [1.807, 2.05) is 38.2 Å². The summed E-state index contributed by atoms with van der Waals surface area (Å²) < 4.78 is 10.7. The van der Waals surface area contributed by atoms with Crippen LogP contribution in [0.4, 0.5) is 0 Å². The molecule has 2 rings (SSSR count). The molecule has 1 aromatic heterocycles. The quantitative estimate of drug-likeness (QED) is 0.419. The van der Waals surface area contributed by atoms with Crippen molar-refractivity contribution in [1.82, 2.24) is 5.32 Å². The van der Waals surface area contributed by atoms with Crippen LogP contribution in [0.5, 0.6) is 5.75 Å². The molecule has 5 nitrogen and oxygen atoms in total. The Kier molecular flexibility index (Phi) is 9.53. The monoisotopic (exact) mass is 475 g/mol. The summed E-state index contributed by atoms with van der Waals surface area (Å²) in [5.41, 5.74) is 3.31. The highest BCUT2D eigenvalue weighted by Gasteiger charge is 2.33. The standard InChI is InChI=1S/C27H41NO4S/c1-9-27(10-2,24-14-19(4)22(33-24)15-28-16-25(30)31-8)20-11-12-21(18(3)13-20)32-17-23(29)26(5,6)7/h11-14,23,28-29H,9-10,15-17H2,1-8H3. The number of aliphatic hydroxyl groups excluding tert-OH is 1. The van der Waals surface area contributed by atoms with Gasteiger partial charge in [-0.1, -0.05) is 46.8 Å². The third-order valence-electron chi connectivity index (χ3n) is 6.61. The molecule has 1 atom stereocenters. The number of nitrogens with one attached hydrogen (secondary N) is 1. The van der Waals surface area contributed by atoms with E-state index in [-0.39, 0.29) is 30.0 Å². The Hall–Kier alpha value is -1.89. The second-order valence-corrected chi connectivity index (χ2v) is 11.0. The number of ether oxygens (including phenoxy) is 2. The lowest BCUT2D eigenvalue weighted by molar-refractivity contribution is -0.139. The van der Waals surface area contributed by atoms with Gasteiger partial charge in [0.25, 0.3) is 0 Å². The van der Waals surface area contributed by atoms with E-state index < -0.39 is 6.10 Å². The number of benzene rings is 1. The van der Waals surface area contributed by atoms with Crippen LogP contribution in [-0.2, 0) is 21.5 Å². The Labute approximate surface area is 203 Å². The zero-order valence-electron chi connectivity index (χ0n) is 21.5. The number of carbonyl (C=O) groups is 1. The van der Waals surface area contributed by atoms with Crippen molar-refractivity contribution in [2.24, 2.45) is 5.41 Å². The molecule has 33 heavy (non-hydrogen) atoms. The van der Waals surface area contributed by atoms with Crippen molar-refractivity contribution in [1.29, 1.82) is 0 Å².